The molecule has 11 nitrogen and oxygen atoms in total. The van der Waals surface area contributed by atoms with Crippen LogP contribution in [0.2, 0.25) is 5.02 Å². The lowest BCUT2D eigenvalue weighted by Gasteiger charge is -2.36. The van der Waals surface area contributed by atoms with E-state index in [1.54, 1.807) is 0 Å². The number of hydrogen-bond acceptors (Lipinski definition) is 10. The third-order valence-electron chi connectivity index (χ3n) is 5.35. The summed E-state index contributed by atoms with van der Waals surface area (Å²) in [6, 6.07) is 7.89. The Bertz CT molecular complexity index is 1130. The zero-order valence-electron chi connectivity index (χ0n) is 18.4. The number of esters is 2. The highest BCUT2D eigenvalue weighted by Gasteiger charge is 2.19. The molecule has 2 aliphatic rings. The number of rotatable bonds is 7. The fourth-order valence-corrected chi connectivity index (χ4v) is 3.76. The van der Waals surface area contributed by atoms with Crippen LogP contribution in [-0.4, -0.2) is 70.9 Å². The molecule has 0 radical (unpaired) electrons. The Morgan fingerprint density at radius 2 is 1.82 bits per heavy atom. The normalized spacial score (nSPS) is 17.6. The summed E-state index contributed by atoms with van der Waals surface area (Å²) < 4.78 is 16.2. The van der Waals surface area contributed by atoms with E-state index in [2.05, 4.69) is 25.9 Å². The van der Waals surface area contributed by atoms with Gasteiger partial charge in [0.1, 0.15) is 0 Å². The van der Waals surface area contributed by atoms with Gasteiger partial charge in [0.2, 0.25) is 0 Å². The van der Waals surface area contributed by atoms with Crippen LogP contribution in [0, 0.1) is 0 Å². The van der Waals surface area contributed by atoms with Gasteiger partial charge in [-0.3, -0.25) is 4.90 Å². The Morgan fingerprint density at radius 3 is 2.62 bits per heavy atom. The second-order valence-corrected chi connectivity index (χ2v) is 8.15. The number of halogens is 1. The average Bonchev–Trinajstić information content (AvgIpc) is 2.83. The molecule has 2 aliphatic heterocycles. The van der Waals surface area contributed by atoms with Gasteiger partial charge in [0.25, 0.3) is 5.88 Å². The number of benzene rings is 1. The van der Waals surface area contributed by atoms with Crippen LogP contribution in [-0.2, 0) is 21.1 Å². The molecule has 34 heavy (non-hydrogen) atoms. The zero-order valence-corrected chi connectivity index (χ0v) is 19.1. The van der Waals surface area contributed by atoms with Crippen molar-refractivity contribution in [2.45, 2.75) is 19.6 Å². The van der Waals surface area contributed by atoms with Gasteiger partial charge in [-0.2, -0.15) is 9.67 Å². The van der Waals surface area contributed by atoms with Gasteiger partial charge in [0.15, 0.2) is 6.73 Å². The Hall–Kier alpha value is -3.44. The summed E-state index contributed by atoms with van der Waals surface area (Å²) >= 11 is 6.09. The number of ether oxygens (including phenoxy) is 3. The van der Waals surface area contributed by atoms with Crippen LogP contribution < -0.4 is 20.1 Å². The second-order valence-electron chi connectivity index (χ2n) is 7.72. The number of fused-ring (bicyclic) bond motifs is 2. The number of carbonyl (C=O) groups is 2. The van der Waals surface area contributed by atoms with Crippen molar-refractivity contribution in [1.29, 1.82) is 0 Å². The number of piperazine rings is 1. The topological polar surface area (TPSA) is 116 Å². The average molecular weight is 490 g/mol. The summed E-state index contributed by atoms with van der Waals surface area (Å²) in [5.41, 5.74) is 0.351. The van der Waals surface area contributed by atoms with E-state index in [4.69, 9.17) is 25.8 Å². The summed E-state index contributed by atoms with van der Waals surface area (Å²) in [5.74, 6) is -2.10. The number of anilines is 1. The number of carbonyl (C=O) groups excluding carboxylic acids is 2. The molecular weight excluding hydrogens is 466 g/mol. The van der Waals surface area contributed by atoms with E-state index >= 15 is 0 Å². The van der Waals surface area contributed by atoms with Crippen LogP contribution in [0.1, 0.15) is 12.8 Å². The highest BCUT2D eigenvalue weighted by Crippen LogP contribution is 2.22. The molecule has 1 saturated heterocycles. The second kappa shape index (κ2) is 11.1. The van der Waals surface area contributed by atoms with Crippen molar-refractivity contribution >= 4 is 29.2 Å². The lowest BCUT2D eigenvalue weighted by atomic mass is 10.2. The van der Waals surface area contributed by atoms with Crippen molar-refractivity contribution < 1.29 is 23.8 Å². The molecule has 180 valence electrons. The minimum absolute atomic E-state index is 0.176. The van der Waals surface area contributed by atoms with Crippen LogP contribution in [0.3, 0.4) is 0 Å². The van der Waals surface area contributed by atoms with E-state index in [0.29, 0.717) is 6.42 Å². The number of aromatic nitrogens is 3. The highest BCUT2D eigenvalue weighted by atomic mass is 35.5. The van der Waals surface area contributed by atoms with Gasteiger partial charge in [-0.25, -0.2) is 14.4 Å². The van der Waals surface area contributed by atoms with Crippen molar-refractivity contribution in [3.8, 4) is 11.8 Å². The van der Waals surface area contributed by atoms with Crippen LogP contribution in [0.15, 0.2) is 41.2 Å². The monoisotopic (exact) mass is 489 g/mol. The van der Waals surface area contributed by atoms with Crippen LogP contribution in [0.25, 0.3) is 0 Å². The van der Waals surface area contributed by atoms with E-state index < -0.39 is 24.4 Å². The first kappa shape index (κ1) is 23.7. The first-order valence-corrected chi connectivity index (χ1v) is 11.3. The minimum atomic E-state index is -0.861. The van der Waals surface area contributed by atoms with Crippen molar-refractivity contribution in [3.05, 3.63) is 51.9 Å². The molecule has 12 heteroatoms. The third kappa shape index (κ3) is 6.33. The highest BCUT2D eigenvalue weighted by molar-refractivity contribution is 6.30. The largest absolute Gasteiger partial charge is 0.474 e. The molecule has 0 unspecified atom stereocenters. The standard InChI is InChI=1S/C22H24ClN5O6/c23-16-4-3-5-17(14-16)27-11-9-26(10-12-27)8-1-2-13-32-20-21-25-28(22(31)24-20)15-33-18(29)6-7-19(30)34-21/h3-7,14H,1-2,8-13,15H2/b7-6+. The summed E-state index contributed by atoms with van der Waals surface area (Å²) in [7, 11) is 0. The quantitative estimate of drug-likeness (QED) is 0.415. The maximum atomic E-state index is 12.1. The first-order chi connectivity index (χ1) is 16.5. The maximum Gasteiger partial charge on any atom is 0.370 e. The van der Waals surface area contributed by atoms with Gasteiger partial charge in [-0.15, -0.1) is 5.10 Å². The Balaban J connectivity index is 1.23. The molecular formula is C22H24ClN5O6. The maximum absolute atomic E-state index is 12.1. The summed E-state index contributed by atoms with van der Waals surface area (Å²) in [6.07, 6.45) is 3.41. The minimum Gasteiger partial charge on any atom is -0.474 e. The molecule has 2 aromatic rings. The van der Waals surface area contributed by atoms with Gasteiger partial charge in [0, 0.05) is 49.0 Å². The number of unbranched alkanes of at least 4 members (excludes halogenated alkanes) is 1. The zero-order chi connectivity index (χ0) is 23.9. The fraction of sp³-hybridized carbons (Fsp3) is 0.409. The Kier molecular flexibility index (Phi) is 7.76. The number of nitrogens with zero attached hydrogens (tertiary/aromatic N) is 5. The Morgan fingerprint density at radius 1 is 1.03 bits per heavy atom. The lowest BCUT2D eigenvalue weighted by molar-refractivity contribution is -0.143. The van der Waals surface area contributed by atoms with Gasteiger partial charge in [-0.05, 0) is 37.6 Å². The van der Waals surface area contributed by atoms with E-state index in [1.165, 1.54) is 0 Å². The van der Waals surface area contributed by atoms with Gasteiger partial charge < -0.3 is 19.1 Å². The molecule has 1 aromatic heterocycles. The van der Waals surface area contributed by atoms with Crippen LogP contribution >= 0.6 is 11.6 Å². The van der Waals surface area contributed by atoms with Gasteiger partial charge in [0.05, 0.1) is 6.61 Å². The van der Waals surface area contributed by atoms with Crippen LogP contribution in [0.4, 0.5) is 5.69 Å². The van der Waals surface area contributed by atoms with Crippen molar-refractivity contribution in [1.82, 2.24) is 19.7 Å². The Labute approximate surface area is 200 Å². The molecule has 0 N–H and O–H groups in total. The van der Waals surface area contributed by atoms with Gasteiger partial charge in [-0.1, -0.05) is 17.7 Å². The first-order valence-electron chi connectivity index (χ1n) is 10.9. The smallest absolute Gasteiger partial charge is 0.370 e. The summed E-state index contributed by atoms with van der Waals surface area (Å²) in [6.45, 7) is 4.51. The van der Waals surface area contributed by atoms with Gasteiger partial charge >= 0.3 is 23.5 Å². The lowest BCUT2D eigenvalue weighted by Crippen LogP contribution is -2.46. The molecule has 3 heterocycles. The molecule has 0 atom stereocenters. The molecule has 1 aromatic carbocycles. The molecule has 2 bridgehead atoms. The summed E-state index contributed by atoms with van der Waals surface area (Å²) in [5, 5.41) is 4.61. The van der Waals surface area contributed by atoms with Crippen molar-refractivity contribution in [2.75, 3.05) is 44.2 Å². The van der Waals surface area contributed by atoms with E-state index in [9.17, 15) is 14.4 Å². The van der Waals surface area contributed by atoms with E-state index in [0.717, 1.165) is 66.7 Å². The molecule has 0 aliphatic carbocycles. The van der Waals surface area contributed by atoms with E-state index in [1.807, 2.05) is 18.2 Å². The number of cyclic esters (lactones) is 1. The van der Waals surface area contributed by atoms with E-state index in [-0.39, 0.29) is 18.4 Å². The summed E-state index contributed by atoms with van der Waals surface area (Å²) in [4.78, 5) is 43.8. The predicted octanol–water partition coefficient (Wildman–Crippen LogP) is 1.25. The molecule has 0 amide bonds. The molecule has 0 spiro atoms. The SMILES string of the molecule is O=C1/C=C/C(=O)Oc2nn(c(=O)nc2OCCCCN2CCN(c3cccc(Cl)c3)CC2)CO1. The fourth-order valence-electron chi connectivity index (χ4n) is 3.58. The van der Waals surface area contributed by atoms with Crippen LogP contribution in [0.5, 0.6) is 11.8 Å². The van der Waals surface area contributed by atoms with Crippen molar-refractivity contribution in [2.24, 2.45) is 0 Å². The third-order valence-corrected chi connectivity index (χ3v) is 5.58. The molecule has 1 fully saturated rings. The predicted molar refractivity (Wildman–Crippen MR) is 122 cm³/mol. The van der Waals surface area contributed by atoms with Crippen molar-refractivity contribution in [3.63, 3.8) is 0 Å². The molecule has 4 rings (SSSR count). The molecule has 0 saturated carbocycles. The number of hydrogen-bond donors (Lipinski definition) is 0.